The highest BCUT2D eigenvalue weighted by molar-refractivity contribution is 6.46. The summed E-state index contributed by atoms with van der Waals surface area (Å²) in [5.41, 5.74) is 0.555. The number of hydrogen-bond donors (Lipinski definition) is 2. The summed E-state index contributed by atoms with van der Waals surface area (Å²) < 4.78 is 5.24. The van der Waals surface area contributed by atoms with Gasteiger partial charge in [0.2, 0.25) is 0 Å². The zero-order valence-electron chi connectivity index (χ0n) is 14.0. The minimum Gasteiger partial charge on any atom is -0.505 e. The fourth-order valence-electron chi connectivity index (χ4n) is 2.67. The number of phenols is 1. The molecule has 0 radical (unpaired) electrons. The number of carbonyl (C=O) groups excluding carboxylic acids is 2. The lowest BCUT2D eigenvalue weighted by Gasteiger charge is -2.27. The fourth-order valence-corrected chi connectivity index (χ4v) is 3.36. The van der Waals surface area contributed by atoms with Crippen molar-refractivity contribution in [3.63, 3.8) is 0 Å². The Balaban J connectivity index is 1.83. The first-order valence-corrected chi connectivity index (χ1v) is 9.16. The molecule has 0 bridgehead atoms. The molecule has 0 atom stereocenters. The van der Waals surface area contributed by atoms with Gasteiger partial charge in [0.1, 0.15) is 11.3 Å². The van der Waals surface area contributed by atoms with E-state index in [4.69, 9.17) is 39.5 Å². The first kappa shape index (κ1) is 19.8. The topological polar surface area (TPSA) is 78.9 Å². The van der Waals surface area contributed by atoms with E-state index < -0.39 is 11.7 Å². The Labute approximate surface area is 170 Å². The van der Waals surface area contributed by atoms with Crippen LogP contribution in [-0.4, -0.2) is 48.1 Å². The Hall–Kier alpha value is -1.99. The second kappa shape index (κ2) is 8.35. The second-order valence-corrected chi connectivity index (χ2v) is 7.01. The maximum Gasteiger partial charge on any atom is 0.261 e. The molecule has 2 N–H and O–H groups in total. The van der Waals surface area contributed by atoms with Crippen LogP contribution in [0.25, 0.3) is 0 Å². The van der Waals surface area contributed by atoms with Crippen LogP contribution in [-0.2, 0) is 4.74 Å². The Kier molecular flexibility index (Phi) is 6.11. The molecule has 1 aliphatic heterocycles. The van der Waals surface area contributed by atoms with E-state index in [9.17, 15) is 14.7 Å². The van der Waals surface area contributed by atoms with Crippen LogP contribution < -0.4 is 5.32 Å². The average Bonchev–Trinajstić information content (AvgIpc) is 2.67. The number of ether oxygens (including phenoxy) is 1. The summed E-state index contributed by atoms with van der Waals surface area (Å²) in [6.07, 6.45) is 0. The van der Waals surface area contributed by atoms with Crippen molar-refractivity contribution < 1.29 is 19.4 Å². The van der Waals surface area contributed by atoms with E-state index in [1.165, 1.54) is 6.07 Å². The number of carbonyl (C=O) groups is 2. The molecule has 1 fully saturated rings. The number of morpholine rings is 1. The van der Waals surface area contributed by atoms with E-state index in [0.717, 1.165) is 0 Å². The predicted octanol–water partition coefficient (Wildman–Crippen LogP) is 4.08. The summed E-state index contributed by atoms with van der Waals surface area (Å²) in [4.78, 5) is 26.8. The largest absolute Gasteiger partial charge is 0.505 e. The Bertz CT molecular complexity index is 872. The highest BCUT2D eigenvalue weighted by atomic mass is 35.5. The van der Waals surface area contributed by atoms with Gasteiger partial charge in [-0.05, 0) is 24.3 Å². The van der Waals surface area contributed by atoms with E-state index in [2.05, 4.69) is 5.32 Å². The molecule has 2 aromatic carbocycles. The molecule has 0 unspecified atom stereocenters. The highest BCUT2D eigenvalue weighted by Crippen LogP contribution is 2.38. The van der Waals surface area contributed by atoms with E-state index in [-0.39, 0.29) is 26.5 Å². The summed E-state index contributed by atoms with van der Waals surface area (Å²) in [5, 5.41) is 12.5. The van der Waals surface area contributed by atoms with Gasteiger partial charge in [0.05, 0.1) is 28.3 Å². The summed E-state index contributed by atoms with van der Waals surface area (Å²) in [6, 6.07) is 7.72. The van der Waals surface area contributed by atoms with E-state index in [0.29, 0.717) is 37.6 Å². The molecule has 142 valence electrons. The minimum absolute atomic E-state index is 0.0425. The molecule has 6 nitrogen and oxygen atoms in total. The number of rotatable bonds is 3. The number of benzene rings is 2. The van der Waals surface area contributed by atoms with Crippen LogP contribution in [0.5, 0.6) is 5.75 Å². The zero-order valence-corrected chi connectivity index (χ0v) is 16.2. The molecule has 27 heavy (non-hydrogen) atoms. The van der Waals surface area contributed by atoms with Crippen molar-refractivity contribution in [1.29, 1.82) is 0 Å². The summed E-state index contributed by atoms with van der Waals surface area (Å²) in [6.45, 7) is 2.02. The van der Waals surface area contributed by atoms with Crippen LogP contribution in [0.15, 0.2) is 30.3 Å². The van der Waals surface area contributed by atoms with Crippen LogP contribution in [0.2, 0.25) is 15.1 Å². The molecule has 1 aliphatic rings. The van der Waals surface area contributed by atoms with Gasteiger partial charge >= 0.3 is 0 Å². The minimum atomic E-state index is -0.696. The Morgan fingerprint density at radius 2 is 1.78 bits per heavy atom. The van der Waals surface area contributed by atoms with Crippen molar-refractivity contribution in [1.82, 2.24) is 4.90 Å². The first-order valence-electron chi connectivity index (χ1n) is 8.03. The first-order chi connectivity index (χ1) is 12.9. The average molecular weight is 430 g/mol. The lowest BCUT2D eigenvalue weighted by atomic mass is 10.1. The highest BCUT2D eigenvalue weighted by Gasteiger charge is 2.22. The van der Waals surface area contributed by atoms with E-state index in [1.807, 2.05) is 0 Å². The third kappa shape index (κ3) is 4.30. The van der Waals surface area contributed by atoms with Crippen LogP contribution in [0.1, 0.15) is 20.7 Å². The van der Waals surface area contributed by atoms with Crippen molar-refractivity contribution >= 4 is 52.3 Å². The van der Waals surface area contributed by atoms with Crippen molar-refractivity contribution in [3.8, 4) is 5.75 Å². The third-order valence-corrected chi connectivity index (χ3v) is 5.11. The van der Waals surface area contributed by atoms with Crippen molar-refractivity contribution in [2.45, 2.75) is 0 Å². The molecule has 0 aromatic heterocycles. The predicted molar refractivity (Wildman–Crippen MR) is 104 cm³/mol. The Morgan fingerprint density at radius 3 is 2.48 bits per heavy atom. The molecule has 1 saturated heterocycles. The number of phenolic OH excluding ortho intramolecular Hbond substituents is 1. The second-order valence-electron chi connectivity index (χ2n) is 5.82. The fraction of sp³-hybridized carbons (Fsp3) is 0.222. The van der Waals surface area contributed by atoms with Gasteiger partial charge in [-0.1, -0.05) is 40.9 Å². The van der Waals surface area contributed by atoms with Crippen LogP contribution >= 0.6 is 34.8 Å². The normalized spacial score (nSPS) is 14.1. The smallest absolute Gasteiger partial charge is 0.261 e. The molecule has 0 saturated carbocycles. The van der Waals surface area contributed by atoms with Gasteiger partial charge in [-0.2, -0.15) is 0 Å². The number of halogens is 3. The van der Waals surface area contributed by atoms with E-state index in [1.54, 1.807) is 29.2 Å². The third-order valence-electron chi connectivity index (χ3n) is 4.04. The van der Waals surface area contributed by atoms with Crippen molar-refractivity contribution in [2.75, 3.05) is 31.6 Å². The SMILES string of the molecule is O=C(Nc1cccc(C(=O)N2CCOCC2)c1)c1c(O)c(Cl)cc(Cl)c1Cl. The van der Waals surface area contributed by atoms with Gasteiger partial charge in [-0.3, -0.25) is 9.59 Å². The van der Waals surface area contributed by atoms with Crippen LogP contribution in [0.3, 0.4) is 0 Å². The van der Waals surface area contributed by atoms with Crippen LogP contribution in [0.4, 0.5) is 5.69 Å². The number of aromatic hydroxyl groups is 1. The van der Waals surface area contributed by atoms with Gasteiger partial charge < -0.3 is 20.1 Å². The zero-order chi connectivity index (χ0) is 19.6. The molecule has 9 heteroatoms. The van der Waals surface area contributed by atoms with Gasteiger partial charge in [-0.25, -0.2) is 0 Å². The number of nitrogens with zero attached hydrogens (tertiary/aromatic N) is 1. The monoisotopic (exact) mass is 428 g/mol. The number of nitrogens with one attached hydrogen (secondary N) is 1. The molecule has 2 aromatic rings. The standard InChI is InChI=1S/C18H15Cl3N2O4/c19-12-9-13(20)16(24)14(15(12)21)17(25)22-11-3-1-2-10(8-11)18(26)23-4-6-27-7-5-23/h1-3,8-9,24H,4-7H2,(H,22,25). The molecular weight excluding hydrogens is 415 g/mol. The molecule has 3 rings (SSSR count). The lowest BCUT2D eigenvalue weighted by molar-refractivity contribution is 0.0303. The molecule has 0 aliphatic carbocycles. The Morgan fingerprint density at radius 1 is 1.07 bits per heavy atom. The molecule has 1 heterocycles. The maximum absolute atomic E-state index is 12.6. The quantitative estimate of drug-likeness (QED) is 0.721. The molecule has 2 amide bonds. The van der Waals surface area contributed by atoms with Gasteiger partial charge in [0.15, 0.2) is 0 Å². The molecular formula is C18H15Cl3N2O4. The van der Waals surface area contributed by atoms with Crippen molar-refractivity contribution in [2.24, 2.45) is 0 Å². The summed E-state index contributed by atoms with van der Waals surface area (Å²) in [7, 11) is 0. The van der Waals surface area contributed by atoms with Gasteiger partial charge in [0, 0.05) is 24.3 Å². The number of anilines is 1. The molecule has 0 spiro atoms. The lowest BCUT2D eigenvalue weighted by Crippen LogP contribution is -2.40. The van der Waals surface area contributed by atoms with Crippen LogP contribution in [0, 0.1) is 0 Å². The summed E-state index contributed by atoms with van der Waals surface area (Å²) >= 11 is 17.8. The summed E-state index contributed by atoms with van der Waals surface area (Å²) in [5.74, 6) is -1.32. The van der Waals surface area contributed by atoms with Gasteiger partial charge in [-0.15, -0.1) is 0 Å². The number of amides is 2. The van der Waals surface area contributed by atoms with Gasteiger partial charge in [0.25, 0.3) is 11.8 Å². The van der Waals surface area contributed by atoms with E-state index >= 15 is 0 Å². The maximum atomic E-state index is 12.6. The number of hydrogen-bond acceptors (Lipinski definition) is 4. The van der Waals surface area contributed by atoms with Crippen molar-refractivity contribution in [3.05, 3.63) is 56.5 Å².